The Hall–Kier alpha value is -2.49. The van der Waals surface area contributed by atoms with Gasteiger partial charge in [0.1, 0.15) is 0 Å². The summed E-state index contributed by atoms with van der Waals surface area (Å²) in [6, 6.07) is 6.92. The highest BCUT2D eigenvalue weighted by atomic mass is 32.2. The van der Waals surface area contributed by atoms with Crippen molar-refractivity contribution in [1.29, 1.82) is 0 Å². The highest BCUT2D eigenvalue weighted by Gasteiger charge is 2.43. The van der Waals surface area contributed by atoms with Gasteiger partial charge in [0, 0.05) is 54.3 Å². The molecule has 1 aliphatic rings. The quantitative estimate of drug-likeness (QED) is 0.504. The molecule has 2 aromatic rings. The van der Waals surface area contributed by atoms with Gasteiger partial charge in [0.2, 0.25) is 5.95 Å². The van der Waals surface area contributed by atoms with Crippen LogP contribution in [0.1, 0.15) is 32.3 Å². The number of amides is 2. The minimum absolute atomic E-state index is 0.137. The zero-order valence-corrected chi connectivity index (χ0v) is 17.9. The molecule has 0 radical (unpaired) electrons. The van der Waals surface area contributed by atoms with Gasteiger partial charge in [-0.15, -0.1) is 0 Å². The van der Waals surface area contributed by atoms with Gasteiger partial charge in [-0.2, -0.15) is 4.39 Å². The van der Waals surface area contributed by atoms with Crippen molar-refractivity contribution in [2.24, 2.45) is 5.92 Å². The number of urea groups is 1. The van der Waals surface area contributed by atoms with E-state index < -0.39 is 39.6 Å². The van der Waals surface area contributed by atoms with Crippen molar-refractivity contribution in [3.63, 3.8) is 0 Å². The maximum Gasteiger partial charge on any atom is 0.321 e. The molecule has 0 spiro atoms. The summed E-state index contributed by atoms with van der Waals surface area (Å²) in [6.45, 7) is 2.47. The number of pyridine rings is 1. The Balaban J connectivity index is 1.61. The number of likely N-dealkylation sites (tertiary alicyclic amines) is 1. The third kappa shape index (κ3) is 5.41. The number of aromatic nitrogens is 1. The number of benzene rings is 1. The highest BCUT2D eigenvalue weighted by molar-refractivity contribution is 7.86. The monoisotopic (exact) mass is 457 g/mol. The molecular weight excluding hydrogens is 434 g/mol. The first-order valence-electron chi connectivity index (χ1n) is 9.75. The van der Waals surface area contributed by atoms with E-state index in [2.05, 4.69) is 10.3 Å². The second-order valence-corrected chi connectivity index (χ2v) is 9.53. The van der Waals surface area contributed by atoms with Crippen molar-refractivity contribution in [2.45, 2.75) is 42.5 Å². The Morgan fingerprint density at radius 1 is 1.13 bits per heavy atom. The van der Waals surface area contributed by atoms with Crippen molar-refractivity contribution < 1.29 is 26.6 Å². The Morgan fingerprint density at radius 3 is 2.29 bits per heavy atom. The van der Waals surface area contributed by atoms with Gasteiger partial charge < -0.3 is 10.2 Å². The summed E-state index contributed by atoms with van der Waals surface area (Å²) < 4.78 is 68.2. The molecule has 3 rings (SSSR count). The van der Waals surface area contributed by atoms with Crippen LogP contribution < -0.4 is 5.32 Å². The molecule has 1 aromatic carbocycles. The van der Waals surface area contributed by atoms with Crippen LogP contribution in [-0.4, -0.2) is 38.2 Å². The van der Waals surface area contributed by atoms with Crippen LogP contribution in [0.15, 0.2) is 47.5 Å². The molecule has 168 valence electrons. The van der Waals surface area contributed by atoms with Gasteiger partial charge in [0.25, 0.3) is 5.92 Å². The predicted octanol–water partition coefficient (Wildman–Crippen LogP) is 5.07. The van der Waals surface area contributed by atoms with Crippen molar-refractivity contribution in [3.8, 4) is 0 Å². The topological polar surface area (TPSA) is 62.3 Å². The number of nitrogens with one attached hydrogen (secondary N) is 1. The molecule has 2 atom stereocenters. The lowest BCUT2D eigenvalue weighted by Crippen LogP contribution is -2.46. The van der Waals surface area contributed by atoms with E-state index in [0.717, 1.165) is 25.1 Å². The van der Waals surface area contributed by atoms with Crippen LogP contribution in [-0.2, 0) is 16.7 Å². The molecule has 31 heavy (non-hydrogen) atoms. The van der Waals surface area contributed by atoms with Crippen LogP contribution in [0.3, 0.4) is 0 Å². The molecule has 2 heterocycles. The number of alkyl halides is 3. The first kappa shape index (κ1) is 23.2. The van der Waals surface area contributed by atoms with Gasteiger partial charge in [0.15, 0.2) is 5.00 Å². The first-order valence-corrected chi connectivity index (χ1v) is 10.9. The summed E-state index contributed by atoms with van der Waals surface area (Å²) in [5, 5.41) is 0.474. The summed E-state index contributed by atoms with van der Waals surface area (Å²) in [5.74, 6) is -4.33. The van der Waals surface area contributed by atoms with Gasteiger partial charge in [-0.25, -0.2) is 22.9 Å². The molecule has 0 saturated carbocycles. The number of rotatable bonds is 5. The number of anilines is 1. The van der Waals surface area contributed by atoms with Crippen molar-refractivity contribution in [3.05, 3.63) is 54.1 Å². The maximum atomic E-state index is 15.5. The summed E-state index contributed by atoms with van der Waals surface area (Å²) in [4.78, 5) is 17.4. The molecule has 1 aliphatic heterocycles. The standard InChI is InChI=1S/C21H23F4N3O2S/c1-20(23,24)14-3-5-17(6-4-14)31(30)21(2,25)15-8-11-28(12-9-15)19(29)27-16-7-10-26-18(22)13-16/h3-7,10,13,15H,8-9,11-12H2,1-2H3,(H,26,27,29). The fraction of sp³-hybridized carbons (Fsp3) is 0.429. The molecule has 5 nitrogen and oxygen atoms in total. The lowest BCUT2D eigenvalue weighted by atomic mass is 9.92. The minimum atomic E-state index is -3.03. The molecule has 10 heteroatoms. The van der Waals surface area contributed by atoms with Crippen LogP contribution >= 0.6 is 0 Å². The average Bonchev–Trinajstić information content (AvgIpc) is 2.72. The number of carbonyl (C=O) groups excluding carboxylic acids is 1. The van der Waals surface area contributed by atoms with Gasteiger partial charge in [0.05, 0.1) is 10.8 Å². The maximum absolute atomic E-state index is 15.5. The number of hydrogen-bond donors (Lipinski definition) is 1. The van der Waals surface area contributed by atoms with Gasteiger partial charge in [-0.1, -0.05) is 12.1 Å². The van der Waals surface area contributed by atoms with E-state index in [1.54, 1.807) is 0 Å². The average molecular weight is 457 g/mol. The molecule has 0 bridgehead atoms. The molecule has 1 fully saturated rings. The normalized spacial score (nSPS) is 18.3. The fourth-order valence-corrected chi connectivity index (χ4v) is 4.92. The van der Waals surface area contributed by atoms with Crippen LogP contribution in [0.2, 0.25) is 0 Å². The number of piperidine rings is 1. The molecule has 1 saturated heterocycles. The largest absolute Gasteiger partial charge is 0.325 e. The number of nitrogens with zero attached hydrogens (tertiary/aromatic N) is 2. The van der Waals surface area contributed by atoms with E-state index in [1.807, 2.05) is 0 Å². The predicted molar refractivity (Wildman–Crippen MR) is 109 cm³/mol. The Morgan fingerprint density at radius 2 is 1.74 bits per heavy atom. The van der Waals surface area contributed by atoms with Gasteiger partial charge in [-0.05, 0) is 38.0 Å². The highest BCUT2D eigenvalue weighted by Crippen LogP contribution is 2.38. The Labute approximate surface area is 180 Å². The van der Waals surface area contributed by atoms with E-state index in [4.69, 9.17) is 0 Å². The first-order chi connectivity index (χ1) is 14.5. The zero-order chi connectivity index (χ0) is 22.8. The summed E-state index contributed by atoms with van der Waals surface area (Å²) in [6.07, 6.45) is 1.79. The van der Waals surface area contributed by atoms with Crippen molar-refractivity contribution in [1.82, 2.24) is 9.88 Å². The van der Waals surface area contributed by atoms with Crippen LogP contribution in [0.25, 0.3) is 0 Å². The van der Waals surface area contributed by atoms with Crippen molar-refractivity contribution in [2.75, 3.05) is 18.4 Å². The summed E-state index contributed by atoms with van der Waals surface area (Å²) in [7, 11) is -2.06. The summed E-state index contributed by atoms with van der Waals surface area (Å²) in [5.41, 5.74) is 0.0272. The Kier molecular flexibility index (Phi) is 6.68. The van der Waals surface area contributed by atoms with Crippen molar-refractivity contribution >= 4 is 22.5 Å². The minimum Gasteiger partial charge on any atom is -0.325 e. The van der Waals surface area contributed by atoms with Crippen LogP contribution in [0, 0.1) is 11.9 Å². The number of hydrogen-bond acceptors (Lipinski definition) is 3. The van der Waals surface area contributed by atoms with E-state index in [-0.39, 0.29) is 42.1 Å². The lowest BCUT2D eigenvalue weighted by Gasteiger charge is -2.37. The molecule has 0 aliphatic carbocycles. The van der Waals surface area contributed by atoms with E-state index in [9.17, 15) is 22.2 Å². The van der Waals surface area contributed by atoms with E-state index >= 15 is 4.39 Å². The third-order valence-corrected chi connectivity index (χ3v) is 7.19. The fourth-order valence-electron chi connectivity index (χ4n) is 3.53. The third-order valence-electron chi connectivity index (χ3n) is 5.43. The van der Waals surface area contributed by atoms with Crippen LogP contribution in [0.4, 0.5) is 28.0 Å². The van der Waals surface area contributed by atoms with E-state index in [1.165, 1.54) is 36.2 Å². The molecule has 1 N–H and O–H groups in total. The Bertz CT molecular complexity index is 956. The number of halogens is 4. The molecule has 2 amide bonds. The smallest absolute Gasteiger partial charge is 0.321 e. The molecular formula is C21H23F4N3O2S. The lowest BCUT2D eigenvalue weighted by molar-refractivity contribution is 0.0174. The summed E-state index contributed by atoms with van der Waals surface area (Å²) >= 11 is 0. The van der Waals surface area contributed by atoms with E-state index in [0.29, 0.717) is 0 Å². The second-order valence-electron chi connectivity index (χ2n) is 7.73. The SMILES string of the molecule is CC(F)(F)c1ccc(S(=O)C(C)(F)C2CCN(C(=O)Nc3ccnc(F)c3)CC2)cc1. The van der Waals surface area contributed by atoms with Gasteiger partial charge >= 0.3 is 6.03 Å². The van der Waals surface area contributed by atoms with Crippen LogP contribution in [0.5, 0.6) is 0 Å². The number of carbonyl (C=O) groups is 1. The van der Waals surface area contributed by atoms with Gasteiger partial charge in [-0.3, -0.25) is 4.21 Å². The molecule has 2 unspecified atom stereocenters. The zero-order valence-electron chi connectivity index (χ0n) is 17.1. The second kappa shape index (κ2) is 8.94. The molecule has 1 aromatic heterocycles.